The molecule has 0 aromatic heterocycles. The van der Waals surface area contributed by atoms with Gasteiger partial charge in [0.05, 0.1) is 56.4 Å². The van der Waals surface area contributed by atoms with Gasteiger partial charge in [0, 0.05) is 40.8 Å². The average molecular weight is 649 g/mol. The molecule has 0 aromatic carbocycles. The van der Waals surface area contributed by atoms with E-state index in [2.05, 4.69) is 56.4 Å². The van der Waals surface area contributed by atoms with E-state index < -0.39 is 0 Å². The second-order valence-corrected chi connectivity index (χ2v) is 5.37. The number of quaternary nitrogens is 2. The third-order valence-corrected chi connectivity index (χ3v) is 0. The molecule has 0 atom stereocenters. The van der Waals surface area contributed by atoms with Crippen molar-refractivity contribution in [2.24, 2.45) is 0 Å². The summed E-state index contributed by atoms with van der Waals surface area (Å²) in [5, 5.41) is 0. The summed E-state index contributed by atoms with van der Waals surface area (Å²) in [6, 6.07) is 0. The van der Waals surface area contributed by atoms with Crippen molar-refractivity contribution in [1.29, 1.82) is 0 Å². The maximum Gasteiger partial charge on any atom is 0.0675 e. The van der Waals surface area contributed by atoms with Crippen LogP contribution in [0, 0.1) is 0 Å². The zero-order chi connectivity index (χ0) is 9.00. The van der Waals surface area contributed by atoms with Crippen LogP contribution in [0.25, 0.3) is 0 Å². The van der Waals surface area contributed by atoms with Crippen molar-refractivity contribution in [2.75, 3.05) is 56.4 Å². The van der Waals surface area contributed by atoms with Crippen LogP contribution in [-0.2, 0) is 84.7 Å². The maximum absolute atomic E-state index is 2.12. The van der Waals surface area contributed by atoms with Gasteiger partial charge in [-0.05, 0) is 0 Å². The smallest absolute Gasteiger partial charge is 0.0675 e. The predicted octanol–water partition coefficient (Wildman–Crippen LogP) is -0.311. The molecule has 0 aliphatic rings. The van der Waals surface area contributed by atoms with Crippen molar-refractivity contribution in [3.63, 3.8) is 0 Å². The third kappa shape index (κ3) is 7110. The molecule has 0 unspecified atom stereocenters. The Morgan fingerprint density at radius 2 is 0.300 bits per heavy atom. The van der Waals surface area contributed by atoms with Gasteiger partial charge in [-0.2, -0.15) is 0 Å². The molecule has 0 aromatic rings. The summed E-state index contributed by atoms with van der Waals surface area (Å²) in [7, 11) is 17.0. The first-order chi connectivity index (χ1) is 4.00. The van der Waals surface area contributed by atoms with Crippen molar-refractivity contribution in [1.82, 2.24) is 0 Å². The standard InChI is InChI=1S/2C4H12N.8O.2Re/c2*1-5(2,3)4;;;;;;;;;;/h2*1-4H3;;;;;;;;;;/q2*+1;8*-2;;. The number of hydrogen-bond donors (Lipinski definition) is 0. The van der Waals surface area contributed by atoms with Crippen LogP contribution in [0.2, 0.25) is 0 Å². The average Bonchev–Trinajstić information content (AvgIpc) is 1.12. The van der Waals surface area contributed by atoms with Crippen molar-refractivity contribution < 1.29 is 93.6 Å². The van der Waals surface area contributed by atoms with Crippen LogP contribution in [0.3, 0.4) is 0 Å². The fourth-order valence-corrected chi connectivity index (χ4v) is 0. The molecule has 0 aliphatic carbocycles. The molecule has 0 amide bonds. The minimum atomic E-state index is 0. The van der Waals surface area contributed by atoms with E-state index in [0.29, 0.717) is 0 Å². The van der Waals surface area contributed by atoms with Gasteiger partial charge in [0.2, 0.25) is 0 Å². The van der Waals surface area contributed by atoms with Crippen LogP contribution in [0.1, 0.15) is 0 Å². The molecule has 0 saturated carbocycles. The number of rotatable bonds is 0. The minimum absolute atomic E-state index is 0. The van der Waals surface area contributed by atoms with Gasteiger partial charge in [-0.25, -0.2) is 0 Å². The first kappa shape index (κ1) is 104. The number of hydrogen-bond acceptors (Lipinski definition) is 0. The third-order valence-electron chi connectivity index (χ3n) is 0. The fraction of sp³-hybridized carbons (Fsp3) is 1.00. The summed E-state index contributed by atoms with van der Waals surface area (Å²) in [6.07, 6.45) is 0. The molecule has 0 fully saturated rings. The Morgan fingerprint density at radius 1 is 0.300 bits per heavy atom. The SMILES string of the molecule is C[N+](C)(C)C.C[N+](C)(C)C.[O-2].[O-2].[O-2].[O-2].[O-2].[O-2].[O-2].[O-2].[Re].[Re]. The summed E-state index contributed by atoms with van der Waals surface area (Å²) in [4.78, 5) is 0. The van der Waals surface area contributed by atoms with Gasteiger partial charge < -0.3 is 52.8 Å². The Balaban J connectivity index is -0.00000000427. The van der Waals surface area contributed by atoms with Crippen LogP contribution >= 0.6 is 0 Å². The molecule has 0 heterocycles. The van der Waals surface area contributed by atoms with Gasteiger partial charge in [-0.3, -0.25) is 0 Å². The van der Waals surface area contributed by atoms with Gasteiger partial charge >= 0.3 is 0 Å². The van der Waals surface area contributed by atoms with Gasteiger partial charge in [0.25, 0.3) is 0 Å². The zero-order valence-corrected chi connectivity index (χ0v) is 18.3. The van der Waals surface area contributed by atoms with Crippen molar-refractivity contribution in [3.05, 3.63) is 0 Å². The van der Waals surface area contributed by atoms with Gasteiger partial charge in [-0.15, -0.1) is 0 Å². The molecule has 142 valence electrons. The molecule has 0 spiro atoms. The quantitative estimate of drug-likeness (QED) is 0.308. The molecular weight excluding hydrogens is 625 g/mol. The van der Waals surface area contributed by atoms with E-state index in [0.717, 1.165) is 8.97 Å². The molecule has 12 heteroatoms. The maximum atomic E-state index is 2.12. The number of nitrogens with zero attached hydrogens (tertiary/aromatic N) is 2. The van der Waals surface area contributed by atoms with E-state index in [-0.39, 0.29) is 84.7 Å². The van der Waals surface area contributed by atoms with E-state index in [1.807, 2.05) is 0 Å². The first-order valence-electron chi connectivity index (χ1n) is 3.58. The van der Waals surface area contributed by atoms with E-state index >= 15 is 0 Å². The predicted molar refractivity (Wildman–Crippen MR) is 53.4 cm³/mol. The van der Waals surface area contributed by atoms with Gasteiger partial charge in [-0.1, -0.05) is 0 Å². The van der Waals surface area contributed by atoms with E-state index in [1.54, 1.807) is 0 Å². The Bertz CT molecular complexity index is 77.5. The molecule has 0 aliphatic heterocycles. The summed E-state index contributed by atoms with van der Waals surface area (Å²) >= 11 is 0. The van der Waals surface area contributed by atoms with E-state index in [1.165, 1.54) is 0 Å². The molecular formula is C8H24N2O8Re2-14. The van der Waals surface area contributed by atoms with Gasteiger partial charge in [0.1, 0.15) is 0 Å². The van der Waals surface area contributed by atoms with Crippen molar-refractivity contribution >= 4 is 0 Å². The first-order valence-corrected chi connectivity index (χ1v) is 3.58. The fourth-order valence-electron chi connectivity index (χ4n) is 0. The summed E-state index contributed by atoms with van der Waals surface area (Å²) in [6.45, 7) is 0. The summed E-state index contributed by atoms with van der Waals surface area (Å²) in [5.41, 5.74) is 0. The molecule has 0 bridgehead atoms. The molecule has 0 saturated heterocycles. The molecule has 10 nitrogen and oxygen atoms in total. The van der Waals surface area contributed by atoms with E-state index in [4.69, 9.17) is 0 Å². The Labute approximate surface area is 150 Å². The van der Waals surface area contributed by atoms with Crippen LogP contribution in [0.4, 0.5) is 0 Å². The normalized spacial score (nSPS) is 6.00. The second-order valence-electron chi connectivity index (χ2n) is 5.37. The Hall–Kier alpha value is 0.925. The second kappa shape index (κ2) is 42.7. The monoisotopic (exact) mass is 650 g/mol. The molecule has 0 N–H and O–H groups in total. The summed E-state index contributed by atoms with van der Waals surface area (Å²) < 4.78 is 2.00. The zero-order valence-electron chi connectivity index (χ0n) is 12.9. The Morgan fingerprint density at radius 3 is 0.300 bits per heavy atom. The minimum Gasteiger partial charge on any atom is -2.00 e. The van der Waals surface area contributed by atoms with Crippen LogP contribution in [-0.4, -0.2) is 65.3 Å². The van der Waals surface area contributed by atoms with Crippen LogP contribution < -0.4 is 0 Å². The molecule has 2 radical (unpaired) electrons. The van der Waals surface area contributed by atoms with Gasteiger partial charge in [0.15, 0.2) is 0 Å². The van der Waals surface area contributed by atoms with Crippen LogP contribution in [0.5, 0.6) is 0 Å². The van der Waals surface area contributed by atoms with Crippen molar-refractivity contribution in [3.8, 4) is 0 Å². The molecule has 20 heavy (non-hydrogen) atoms. The summed E-state index contributed by atoms with van der Waals surface area (Å²) in [5.74, 6) is 0. The van der Waals surface area contributed by atoms with E-state index in [9.17, 15) is 0 Å². The van der Waals surface area contributed by atoms with Crippen LogP contribution in [0.15, 0.2) is 0 Å². The molecule has 0 rings (SSSR count). The van der Waals surface area contributed by atoms with Crippen molar-refractivity contribution in [2.45, 2.75) is 0 Å². The largest absolute Gasteiger partial charge is 2.00 e. The topological polar surface area (TPSA) is 228 Å². The Kier molecular flexibility index (Phi) is 223.